The summed E-state index contributed by atoms with van der Waals surface area (Å²) in [6, 6.07) is 5.75. The third-order valence-corrected chi connectivity index (χ3v) is 5.62. The summed E-state index contributed by atoms with van der Waals surface area (Å²) in [4.78, 5) is 18.3. The van der Waals surface area contributed by atoms with E-state index in [2.05, 4.69) is 35.0 Å². The normalized spacial score (nSPS) is 19.1. The minimum Gasteiger partial charge on any atom is -0.493 e. The Morgan fingerprint density at radius 1 is 1.29 bits per heavy atom. The molecule has 1 saturated heterocycles. The third kappa shape index (κ3) is 4.63. The van der Waals surface area contributed by atoms with Crippen LogP contribution in [0, 0.1) is 12.8 Å². The number of nitrogens with zero attached hydrogens (tertiary/aromatic N) is 1. The van der Waals surface area contributed by atoms with Crippen molar-refractivity contribution in [2.24, 2.45) is 5.92 Å². The van der Waals surface area contributed by atoms with Crippen molar-refractivity contribution >= 4 is 22.4 Å². The van der Waals surface area contributed by atoms with Crippen molar-refractivity contribution in [3.63, 3.8) is 0 Å². The van der Waals surface area contributed by atoms with Gasteiger partial charge >= 0.3 is 0 Å². The lowest BCUT2D eigenvalue weighted by atomic mass is 10.00. The van der Waals surface area contributed by atoms with E-state index < -0.39 is 0 Å². The molecule has 28 heavy (non-hydrogen) atoms. The molecule has 2 atom stereocenters. The second-order valence-electron chi connectivity index (χ2n) is 7.39. The number of anilines is 1. The molecule has 0 saturated carbocycles. The summed E-state index contributed by atoms with van der Waals surface area (Å²) in [6.07, 6.45) is 1.81. The van der Waals surface area contributed by atoms with Gasteiger partial charge in [-0.3, -0.25) is 10.2 Å². The summed E-state index contributed by atoms with van der Waals surface area (Å²) in [5.41, 5.74) is 8.07. The second kappa shape index (κ2) is 8.89. The van der Waals surface area contributed by atoms with Gasteiger partial charge in [0, 0.05) is 16.5 Å². The number of methoxy groups -OCH3 is 2. The van der Waals surface area contributed by atoms with Gasteiger partial charge in [-0.2, -0.15) is 0 Å². The number of hydrogen-bond donors (Lipinski definition) is 3. The van der Waals surface area contributed by atoms with Crippen molar-refractivity contribution in [2.45, 2.75) is 45.7 Å². The van der Waals surface area contributed by atoms with E-state index in [0.717, 1.165) is 29.0 Å². The lowest BCUT2D eigenvalue weighted by molar-refractivity contribution is -0.117. The zero-order valence-corrected chi connectivity index (χ0v) is 17.8. The average molecular weight is 405 g/mol. The molecule has 2 unspecified atom stereocenters. The fourth-order valence-corrected chi connectivity index (χ4v) is 4.25. The van der Waals surface area contributed by atoms with Crippen LogP contribution >= 0.6 is 11.3 Å². The molecule has 3 N–H and O–H groups in total. The Labute approximate surface area is 169 Å². The first-order valence-corrected chi connectivity index (χ1v) is 10.2. The molecule has 0 aliphatic carbocycles. The van der Waals surface area contributed by atoms with E-state index in [9.17, 15) is 4.79 Å². The predicted octanol–water partition coefficient (Wildman–Crippen LogP) is 3.36. The number of carbonyl (C=O) groups excluding carboxylic acids is 1. The van der Waals surface area contributed by atoms with E-state index in [1.807, 2.05) is 25.1 Å². The number of nitrogens with one attached hydrogen (secondary N) is 3. The number of thiazole rings is 1. The molecule has 7 nitrogen and oxygen atoms in total. The highest BCUT2D eigenvalue weighted by atomic mass is 32.1. The molecular weight excluding hydrogens is 376 g/mol. The van der Waals surface area contributed by atoms with Gasteiger partial charge in [-0.15, -0.1) is 11.3 Å². The maximum atomic E-state index is 12.6. The summed E-state index contributed by atoms with van der Waals surface area (Å²) in [5.74, 6) is 1.84. The first kappa shape index (κ1) is 20.6. The Kier molecular flexibility index (Phi) is 6.53. The van der Waals surface area contributed by atoms with E-state index in [1.165, 1.54) is 11.3 Å². The lowest BCUT2D eigenvalue weighted by Crippen LogP contribution is -2.40. The first-order chi connectivity index (χ1) is 13.4. The van der Waals surface area contributed by atoms with Crippen molar-refractivity contribution in [3.8, 4) is 22.8 Å². The molecule has 0 bridgehead atoms. The van der Waals surface area contributed by atoms with Gasteiger partial charge in [-0.1, -0.05) is 13.8 Å². The van der Waals surface area contributed by atoms with Gasteiger partial charge in [0.2, 0.25) is 5.91 Å². The molecule has 152 valence electrons. The molecule has 1 aromatic heterocycles. The number of carbonyl (C=O) groups is 1. The summed E-state index contributed by atoms with van der Waals surface area (Å²) >= 11 is 1.47. The van der Waals surface area contributed by atoms with Gasteiger partial charge in [-0.25, -0.2) is 10.4 Å². The third-order valence-electron chi connectivity index (χ3n) is 4.74. The number of ether oxygens (including phenoxy) is 2. The smallest absolute Gasteiger partial charge is 0.244 e. The molecule has 1 aliphatic rings. The van der Waals surface area contributed by atoms with Gasteiger partial charge in [0.25, 0.3) is 0 Å². The Bertz CT molecular complexity index is 837. The molecule has 0 radical (unpaired) electrons. The van der Waals surface area contributed by atoms with Gasteiger partial charge in [0.1, 0.15) is 6.04 Å². The number of benzene rings is 1. The Hall–Kier alpha value is -2.16. The highest BCUT2D eigenvalue weighted by Gasteiger charge is 2.30. The molecule has 3 rings (SSSR count). The van der Waals surface area contributed by atoms with E-state index in [1.54, 1.807) is 14.2 Å². The fourth-order valence-electron chi connectivity index (χ4n) is 3.41. The SMILES string of the molecule is COc1ccc(-c2nc(NC(=O)C3CC(CC(C)C)NN3)sc2C)cc1OC. The highest BCUT2D eigenvalue weighted by molar-refractivity contribution is 7.16. The highest BCUT2D eigenvalue weighted by Crippen LogP contribution is 2.36. The maximum absolute atomic E-state index is 12.6. The van der Waals surface area contributed by atoms with Crippen molar-refractivity contribution < 1.29 is 14.3 Å². The Morgan fingerprint density at radius 2 is 2.04 bits per heavy atom. The van der Waals surface area contributed by atoms with Crippen LogP contribution in [0.25, 0.3) is 11.3 Å². The minimum absolute atomic E-state index is 0.0635. The molecule has 1 aromatic carbocycles. The Morgan fingerprint density at radius 3 is 2.71 bits per heavy atom. The zero-order valence-electron chi connectivity index (χ0n) is 17.0. The van der Waals surface area contributed by atoms with Gasteiger partial charge in [-0.05, 0) is 43.9 Å². The van der Waals surface area contributed by atoms with E-state index >= 15 is 0 Å². The van der Waals surface area contributed by atoms with Crippen LogP contribution in [-0.2, 0) is 4.79 Å². The van der Waals surface area contributed by atoms with Crippen LogP contribution < -0.4 is 25.6 Å². The van der Waals surface area contributed by atoms with Crippen LogP contribution in [0.4, 0.5) is 5.13 Å². The second-order valence-corrected chi connectivity index (χ2v) is 8.59. The number of aryl methyl sites for hydroxylation is 1. The number of rotatable bonds is 7. The van der Waals surface area contributed by atoms with Crippen LogP contribution in [-0.4, -0.2) is 37.2 Å². The molecular formula is C20H28N4O3S. The van der Waals surface area contributed by atoms with Crippen molar-refractivity contribution in [2.75, 3.05) is 19.5 Å². The molecule has 1 amide bonds. The molecule has 1 fully saturated rings. The number of hydrazine groups is 1. The van der Waals surface area contributed by atoms with Gasteiger partial charge < -0.3 is 14.8 Å². The number of hydrogen-bond acceptors (Lipinski definition) is 7. The summed E-state index contributed by atoms with van der Waals surface area (Å²) in [5, 5.41) is 3.55. The molecule has 2 aromatic rings. The van der Waals surface area contributed by atoms with Crippen molar-refractivity contribution in [1.82, 2.24) is 15.8 Å². The van der Waals surface area contributed by atoms with Crippen LogP contribution in [0.1, 0.15) is 31.6 Å². The zero-order chi connectivity index (χ0) is 20.3. The van der Waals surface area contributed by atoms with Crippen molar-refractivity contribution in [1.29, 1.82) is 0 Å². The average Bonchev–Trinajstić information content (AvgIpc) is 3.27. The monoisotopic (exact) mass is 404 g/mol. The minimum atomic E-state index is -0.252. The van der Waals surface area contributed by atoms with Crippen LogP contribution in [0.2, 0.25) is 0 Å². The van der Waals surface area contributed by atoms with E-state index in [0.29, 0.717) is 28.6 Å². The number of aromatic nitrogens is 1. The standard InChI is InChI=1S/C20H28N4O3S/c1-11(2)8-14-10-15(24-23-14)19(25)22-20-21-18(12(3)28-20)13-6-7-16(26-4)17(9-13)27-5/h6-7,9,11,14-15,23-24H,8,10H2,1-5H3,(H,21,22,25). The summed E-state index contributed by atoms with van der Waals surface area (Å²) in [6.45, 7) is 6.36. The first-order valence-electron chi connectivity index (χ1n) is 9.43. The fraction of sp³-hybridized carbons (Fsp3) is 0.500. The molecule has 0 spiro atoms. The largest absolute Gasteiger partial charge is 0.493 e. The molecule has 1 aliphatic heterocycles. The summed E-state index contributed by atoms with van der Waals surface area (Å²) in [7, 11) is 3.22. The van der Waals surface area contributed by atoms with Crippen LogP contribution in [0.15, 0.2) is 18.2 Å². The van der Waals surface area contributed by atoms with Crippen LogP contribution in [0.5, 0.6) is 11.5 Å². The molecule has 2 heterocycles. The Balaban J connectivity index is 1.70. The quantitative estimate of drug-likeness (QED) is 0.656. The van der Waals surface area contributed by atoms with Crippen LogP contribution in [0.3, 0.4) is 0 Å². The van der Waals surface area contributed by atoms with Gasteiger partial charge in [0.05, 0.1) is 19.9 Å². The summed E-state index contributed by atoms with van der Waals surface area (Å²) < 4.78 is 10.7. The van der Waals surface area contributed by atoms with Gasteiger partial charge in [0.15, 0.2) is 16.6 Å². The predicted molar refractivity (Wildman–Crippen MR) is 112 cm³/mol. The van der Waals surface area contributed by atoms with E-state index in [-0.39, 0.29) is 11.9 Å². The van der Waals surface area contributed by atoms with E-state index in [4.69, 9.17) is 9.47 Å². The number of amides is 1. The topological polar surface area (TPSA) is 84.5 Å². The maximum Gasteiger partial charge on any atom is 0.244 e. The lowest BCUT2D eigenvalue weighted by Gasteiger charge is -2.11. The molecule has 8 heteroatoms. The van der Waals surface area contributed by atoms with Crippen molar-refractivity contribution in [3.05, 3.63) is 23.1 Å².